The molecule has 0 bridgehead atoms. The summed E-state index contributed by atoms with van der Waals surface area (Å²) in [4.78, 5) is 0. The van der Waals surface area contributed by atoms with Gasteiger partial charge in [0.05, 0.1) is 6.61 Å². The van der Waals surface area contributed by atoms with Crippen molar-refractivity contribution in [2.24, 2.45) is 0 Å². The minimum atomic E-state index is -3.19. The van der Waals surface area contributed by atoms with Crippen LogP contribution < -0.4 is 5.32 Å². The predicted octanol–water partition coefficient (Wildman–Crippen LogP) is -1.11. The predicted molar refractivity (Wildman–Crippen MR) is 27.7 cm³/mol. The standard InChI is InChI=1S/C3H7NO3S/c5-8(6)3-4-1-2-7-8/h4H,1-3H2. The quantitative estimate of drug-likeness (QED) is 0.430. The molecule has 0 amide bonds. The van der Waals surface area contributed by atoms with Crippen LogP contribution in [0.3, 0.4) is 0 Å². The molecule has 1 saturated heterocycles. The molecule has 1 aliphatic heterocycles. The molecule has 0 aromatic heterocycles. The van der Waals surface area contributed by atoms with E-state index in [0.717, 1.165) is 0 Å². The number of hydrogen-bond donors (Lipinski definition) is 1. The van der Waals surface area contributed by atoms with E-state index in [1.54, 1.807) is 0 Å². The van der Waals surface area contributed by atoms with E-state index < -0.39 is 10.1 Å². The zero-order valence-electron chi connectivity index (χ0n) is 4.25. The lowest BCUT2D eigenvalue weighted by Gasteiger charge is -2.11. The molecule has 1 heterocycles. The Hall–Kier alpha value is -0.130. The SMILES string of the molecule is O=S1(=O)CNCCO1. The second-order valence-electron chi connectivity index (χ2n) is 1.52. The van der Waals surface area contributed by atoms with E-state index >= 15 is 0 Å². The van der Waals surface area contributed by atoms with E-state index in [1.807, 2.05) is 0 Å². The summed E-state index contributed by atoms with van der Waals surface area (Å²) in [6.45, 7) is 0.890. The minimum absolute atomic E-state index is 0.0486. The van der Waals surface area contributed by atoms with Gasteiger partial charge in [0.25, 0.3) is 10.1 Å². The van der Waals surface area contributed by atoms with Gasteiger partial charge in [0, 0.05) is 6.54 Å². The molecule has 0 saturated carbocycles. The highest BCUT2D eigenvalue weighted by Gasteiger charge is 2.13. The van der Waals surface area contributed by atoms with Gasteiger partial charge in [-0.2, -0.15) is 8.42 Å². The Kier molecular flexibility index (Phi) is 1.50. The first kappa shape index (κ1) is 6.00. The summed E-state index contributed by atoms with van der Waals surface area (Å²) in [6.07, 6.45) is 0. The maximum absolute atomic E-state index is 10.4. The third kappa shape index (κ3) is 1.43. The molecule has 48 valence electrons. The van der Waals surface area contributed by atoms with Gasteiger partial charge in [0.1, 0.15) is 5.88 Å². The fourth-order valence-corrected chi connectivity index (χ4v) is 1.29. The second kappa shape index (κ2) is 2.00. The van der Waals surface area contributed by atoms with Crippen LogP contribution in [0.5, 0.6) is 0 Å². The Labute approximate surface area is 48.0 Å². The highest BCUT2D eigenvalue weighted by atomic mass is 32.2. The van der Waals surface area contributed by atoms with Gasteiger partial charge in [-0.1, -0.05) is 0 Å². The monoisotopic (exact) mass is 137 g/mol. The van der Waals surface area contributed by atoms with Crippen molar-refractivity contribution in [2.45, 2.75) is 0 Å². The molecule has 0 unspecified atom stereocenters. The van der Waals surface area contributed by atoms with Gasteiger partial charge in [-0.15, -0.1) is 0 Å². The van der Waals surface area contributed by atoms with Gasteiger partial charge in [0.15, 0.2) is 0 Å². The van der Waals surface area contributed by atoms with Crippen LogP contribution in [0.4, 0.5) is 0 Å². The van der Waals surface area contributed by atoms with E-state index in [0.29, 0.717) is 6.54 Å². The summed E-state index contributed by atoms with van der Waals surface area (Å²) in [5, 5.41) is 2.66. The molecular formula is C3H7NO3S. The van der Waals surface area contributed by atoms with Crippen LogP contribution >= 0.6 is 0 Å². The maximum atomic E-state index is 10.4. The molecule has 1 aliphatic rings. The zero-order valence-corrected chi connectivity index (χ0v) is 5.07. The molecule has 4 nitrogen and oxygen atoms in total. The normalized spacial score (nSPS) is 27.5. The molecule has 1 N–H and O–H groups in total. The molecule has 0 atom stereocenters. The van der Waals surface area contributed by atoms with E-state index in [4.69, 9.17) is 0 Å². The molecule has 0 aliphatic carbocycles. The largest absolute Gasteiger partial charge is 0.299 e. The van der Waals surface area contributed by atoms with Crippen molar-refractivity contribution in [3.8, 4) is 0 Å². The van der Waals surface area contributed by atoms with Gasteiger partial charge in [0.2, 0.25) is 0 Å². The summed E-state index contributed by atoms with van der Waals surface area (Å²) in [7, 11) is -3.19. The Morgan fingerprint density at radius 2 is 2.25 bits per heavy atom. The van der Waals surface area contributed by atoms with Crippen molar-refractivity contribution in [3.05, 3.63) is 0 Å². The smallest absolute Gasteiger partial charge is 0.280 e. The lowest BCUT2D eigenvalue weighted by Crippen LogP contribution is -2.34. The van der Waals surface area contributed by atoms with E-state index in [9.17, 15) is 8.42 Å². The molecule has 1 rings (SSSR count). The van der Waals surface area contributed by atoms with Crippen LogP contribution in [-0.2, 0) is 14.3 Å². The van der Waals surface area contributed by atoms with Crippen LogP contribution in [0, 0.1) is 0 Å². The van der Waals surface area contributed by atoms with E-state index in [-0.39, 0.29) is 12.5 Å². The molecule has 0 aromatic rings. The number of hydrogen-bond acceptors (Lipinski definition) is 4. The molecule has 0 radical (unpaired) electrons. The molecule has 8 heavy (non-hydrogen) atoms. The van der Waals surface area contributed by atoms with Crippen molar-refractivity contribution in [1.82, 2.24) is 5.32 Å². The van der Waals surface area contributed by atoms with Crippen LogP contribution in [0.25, 0.3) is 0 Å². The summed E-state index contributed by atoms with van der Waals surface area (Å²) in [6, 6.07) is 0. The maximum Gasteiger partial charge on any atom is 0.280 e. The third-order valence-corrected chi connectivity index (χ3v) is 1.90. The first-order valence-electron chi connectivity index (χ1n) is 2.28. The lowest BCUT2D eigenvalue weighted by molar-refractivity contribution is 0.295. The van der Waals surface area contributed by atoms with Crippen molar-refractivity contribution in [1.29, 1.82) is 0 Å². The third-order valence-electron chi connectivity index (χ3n) is 0.821. The second-order valence-corrected chi connectivity index (χ2v) is 3.16. The lowest BCUT2D eigenvalue weighted by atomic mass is 10.7. The molecular weight excluding hydrogens is 130 g/mol. The van der Waals surface area contributed by atoms with Gasteiger partial charge in [-0.3, -0.25) is 9.50 Å². The van der Waals surface area contributed by atoms with Crippen LogP contribution in [0.1, 0.15) is 0 Å². The van der Waals surface area contributed by atoms with Gasteiger partial charge < -0.3 is 0 Å². The topological polar surface area (TPSA) is 55.4 Å². The van der Waals surface area contributed by atoms with Crippen LogP contribution in [0.2, 0.25) is 0 Å². The number of rotatable bonds is 0. The Bertz CT molecular complexity index is 149. The molecule has 5 heteroatoms. The average molecular weight is 137 g/mol. The highest BCUT2D eigenvalue weighted by Crippen LogP contribution is 1.93. The Morgan fingerprint density at radius 1 is 1.50 bits per heavy atom. The zero-order chi connectivity index (χ0) is 6.04. The molecule has 0 aromatic carbocycles. The van der Waals surface area contributed by atoms with Gasteiger partial charge in [-0.05, 0) is 0 Å². The minimum Gasteiger partial charge on any atom is -0.299 e. The van der Waals surface area contributed by atoms with Gasteiger partial charge in [-0.25, -0.2) is 0 Å². The van der Waals surface area contributed by atoms with Crippen LogP contribution in [-0.4, -0.2) is 27.4 Å². The van der Waals surface area contributed by atoms with Crippen molar-refractivity contribution in [2.75, 3.05) is 19.0 Å². The fourth-order valence-electron chi connectivity index (χ4n) is 0.480. The summed E-state index contributed by atoms with van der Waals surface area (Å²) >= 11 is 0. The summed E-state index contributed by atoms with van der Waals surface area (Å²) in [5.41, 5.74) is 0. The van der Waals surface area contributed by atoms with Crippen LogP contribution in [0.15, 0.2) is 0 Å². The summed E-state index contributed by atoms with van der Waals surface area (Å²) in [5.74, 6) is -0.0486. The summed E-state index contributed by atoms with van der Waals surface area (Å²) < 4.78 is 25.1. The Morgan fingerprint density at radius 3 is 2.50 bits per heavy atom. The highest BCUT2D eigenvalue weighted by molar-refractivity contribution is 7.86. The molecule has 1 fully saturated rings. The van der Waals surface area contributed by atoms with E-state index in [1.165, 1.54) is 0 Å². The first-order valence-corrected chi connectivity index (χ1v) is 3.86. The van der Waals surface area contributed by atoms with Gasteiger partial charge >= 0.3 is 0 Å². The number of nitrogens with one attached hydrogen (secondary N) is 1. The molecule has 0 spiro atoms. The van der Waals surface area contributed by atoms with Crippen molar-refractivity contribution in [3.63, 3.8) is 0 Å². The fraction of sp³-hybridized carbons (Fsp3) is 1.00. The Balaban J connectivity index is 2.58. The van der Waals surface area contributed by atoms with Crippen molar-refractivity contribution < 1.29 is 12.6 Å². The van der Waals surface area contributed by atoms with E-state index in [2.05, 4.69) is 9.50 Å². The average Bonchev–Trinajstić information content (AvgIpc) is 1.65. The first-order chi connectivity index (χ1) is 3.71. The van der Waals surface area contributed by atoms with Crippen molar-refractivity contribution >= 4 is 10.1 Å².